The molecular formula is C48H60N6O12S2. The number of hydrogen-bond donors (Lipinski definition) is 4. The fourth-order valence-electron chi connectivity index (χ4n) is 10.3. The van der Waals surface area contributed by atoms with Crippen LogP contribution in [0, 0.1) is 17.3 Å². The average Bonchev–Trinajstić information content (AvgIpc) is 4.13. The van der Waals surface area contributed by atoms with E-state index in [1.54, 1.807) is 51.1 Å². The fraction of sp³-hybridized carbons (Fsp3) is 0.562. The van der Waals surface area contributed by atoms with Gasteiger partial charge in [-0.15, -0.1) is 0 Å². The van der Waals surface area contributed by atoms with Crippen LogP contribution in [0.3, 0.4) is 0 Å². The van der Waals surface area contributed by atoms with E-state index in [4.69, 9.17) is 14.2 Å². The van der Waals surface area contributed by atoms with E-state index in [1.165, 1.54) is 15.9 Å². The summed E-state index contributed by atoms with van der Waals surface area (Å²) in [5.74, 6) is -2.62. The Bertz CT molecular complexity index is 2710. The Morgan fingerprint density at radius 3 is 2.18 bits per heavy atom. The van der Waals surface area contributed by atoms with Crippen molar-refractivity contribution in [3.63, 3.8) is 0 Å². The third-order valence-corrected chi connectivity index (χ3v) is 17.8. The molecule has 3 aromatic rings. The largest absolute Gasteiger partial charge is 0.454 e. The molecular weight excluding hydrogens is 917 g/mol. The van der Waals surface area contributed by atoms with E-state index in [0.717, 1.165) is 30.4 Å². The molecule has 0 bridgehead atoms. The summed E-state index contributed by atoms with van der Waals surface area (Å²) >= 11 is 0. The molecule has 0 aromatic heterocycles. The number of hydrogen-bond acceptors (Lipinski definition) is 12. The highest BCUT2D eigenvalue weighted by molar-refractivity contribution is 7.91. The zero-order valence-corrected chi connectivity index (χ0v) is 40.4. The summed E-state index contributed by atoms with van der Waals surface area (Å²) in [4.78, 5) is 74.9. The Balaban J connectivity index is 0.981. The lowest BCUT2D eigenvalue weighted by atomic mass is 9.82. The van der Waals surface area contributed by atoms with Crippen molar-refractivity contribution in [3.8, 4) is 11.5 Å². The molecule has 3 heterocycles. The molecule has 3 aliphatic carbocycles. The van der Waals surface area contributed by atoms with Crippen LogP contribution < -0.4 is 29.6 Å². The second-order valence-corrected chi connectivity index (χ2v) is 23.9. The van der Waals surface area contributed by atoms with Crippen LogP contribution in [0.5, 0.6) is 11.5 Å². The minimum absolute atomic E-state index is 0.0150. The third-order valence-electron chi connectivity index (χ3n) is 14.5. The van der Waals surface area contributed by atoms with Crippen molar-refractivity contribution in [2.45, 2.75) is 145 Å². The van der Waals surface area contributed by atoms with Gasteiger partial charge in [0.15, 0.2) is 11.5 Å². The lowest BCUT2D eigenvalue weighted by Crippen LogP contribution is -2.62. The van der Waals surface area contributed by atoms with E-state index in [-0.39, 0.29) is 56.0 Å². The standard InChI is InChI=1S/C48H60N6O12S2/c1-5-32-23-48(32,45(58)52-67(60,61)34-18-19-34)50-42(55)36-22-33(66-46(59)53-24-30-20-37-38(65-27-64-37)21-31(30)25-53)26-54(36)44(57)41(47(2,3)4)49-43(56)40(29-13-7-6-8-14-29)51-68(62,63)39-17-11-15-28-12-9-10-16-35(28)39/h9-12,15-17,20-21,29,32-34,36,40-41,51H,5-8,13-14,18-19,22-27H2,1-4H3,(H,49,56)(H,50,55)(H,52,58)/t32-,33+,36-,40-,41+,48-/m0/s1. The first-order valence-corrected chi connectivity index (χ1v) is 26.7. The van der Waals surface area contributed by atoms with Crippen molar-refractivity contribution in [1.82, 2.24) is 29.9 Å². The van der Waals surface area contributed by atoms with Gasteiger partial charge in [0.25, 0.3) is 5.91 Å². The van der Waals surface area contributed by atoms with E-state index in [0.29, 0.717) is 54.4 Å². The van der Waals surface area contributed by atoms with Crippen LogP contribution in [0.2, 0.25) is 0 Å². The summed E-state index contributed by atoms with van der Waals surface area (Å²) < 4.78 is 76.4. The summed E-state index contributed by atoms with van der Waals surface area (Å²) in [6.45, 7) is 7.32. The van der Waals surface area contributed by atoms with Crippen molar-refractivity contribution in [3.05, 3.63) is 65.7 Å². The molecule has 5 amide bonds. The number of nitrogens with one attached hydrogen (secondary N) is 4. The summed E-state index contributed by atoms with van der Waals surface area (Å²) in [6, 6.07) is 11.7. The maximum Gasteiger partial charge on any atom is 0.410 e. The summed E-state index contributed by atoms with van der Waals surface area (Å²) in [5.41, 5.74) is -0.865. The van der Waals surface area contributed by atoms with Crippen LogP contribution in [0.25, 0.3) is 10.8 Å². The van der Waals surface area contributed by atoms with Gasteiger partial charge in [-0.3, -0.25) is 28.8 Å². The number of rotatable bonds is 14. The van der Waals surface area contributed by atoms with Gasteiger partial charge in [-0.25, -0.2) is 21.6 Å². The first-order valence-electron chi connectivity index (χ1n) is 23.6. The zero-order chi connectivity index (χ0) is 48.3. The van der Waals surface area contributed by atoms with Crippen molar-refractivity contribution in [2.24, 2.45) is 17.3 Å². The molecule has 68 heavy (non-hydrogen) atoms. The van der Waals surface area contributed by atoms with E-state index < -0.39 is 90.2 Å². The van der Waals surface area contributed by atoms with Gasteiger partial charge in [-0.05, 0) is 84.1 Å². The predicted molar refractivity (Wildman–Crippen MR) is 248 cm³/mol. The molecule has 0 radical (unpaired) electrons. The number of fused-ring (bicyclic) bond motifs is 3. The van der Waals surface area contributed by atoms with Crippen LogP contribution >= 0.6 is 0 Å². The average molecular weight is 977 g/mol. The summed E-state index contributed by atoms with van der Waals surface area (Å²) in [5, 5.41) is 6.25. The molecule has 18 nitrogen and oxygen atoms in total. The van der Waals surface area contributed by atoms with Crippen molar-refractivity contribution >= 4 is 60.5 Å². The van der Waals surface area contributed by atoms with Gasteiger partial charge in [0.05, 0.1) is 16.7 Å². The van der Waals surface area contributed by atoms with Crippen LogP contribution in [0.4, 0.5) is 4.79 Å². The lowest BCUT2D eigenvalue weighted by Gasteiger charge is -2.37. The third kappa shape index (κ3) is 9.47. The topological polar surface area (TPSA) is 236 Å². The smallest absolute Gasteiger partial charge is 0.410 e. The summed E-state index contributed by atoms with van der Waals surface area (Å²) in [7, 11) is -8.25. The van der Waals surface area contributed by atoms with Crippen molar-refractivity contribution in [2.75, 3.05) is 13.3 Å². The van der Waals surface area contributed by atoms with Crippen LogP contribution in [0.15, 0.2) is 59.5 Å². The molecule has 20 heteroatoms. The number of ether oxygens (including phenoxy) is 3. The van der Waals surface area contributed by atoms with Crippen LogP contribution in [-0.2, 0) is 57.1 Å². The lowest BCUT2D eigenvalue weighted by molar-refractivity contribution is -0.145. The number of carbonyl (C=O) groups is 5. The number of nitrogens with zero attached hydrogens (tertiary/aromatic N) is 2. The minimum atomic E-state index is -4.29. The van der Waals surface area contributed by atoms with Crippen molar-refractivity contribution in [1.29, 1.82) is 0 Å². The molecule has 366 valence electrons. The number of benzene rings is 3. The number of amides is 5. The molecule has 4 fully saturated rings. The Morgan fingerprint density at radius 1 is 0.882 bits per heavy atom. The Kier molecular flexibility index (Phi) is 12.7. The Morgan fingerprint density at radius 2 is 1.54 bits per heavy atom. The van der Waals surface area contributed by atoms with Crippen LogP contribution in [-0.4, -0.2) is 105 Å². The van der Waals surface area contributed by atoms with Gasteiger partial charge in [0.2, 0.25) is 44.6 Å². The highest BCUT2D eigenvalue weighted by Crippen LogP contribution is 2.47. The fourth-order valence-corrected chi connectivity index (χ4v) is 13.2. The van der Waals surface area contributed by atoms with Gasteiger partial charge in [-0.1, -0.05) is 89.8 Å². The molecule has 1 saturated heterocycles. The summed E-state index contributed by atoms with van der Waals surface area (Å²) in [6.07, 6.45) is 3.27. The van der Waals surface area contributed by atoms with Gasteiger partial charge in [0.1, 0.15) is 29.8 Å². The van der Waals surface area contributed by atoms with E-state index in [1.807, 2.05) is 25.1 Å². The quantitative estimate of drug-likeness (QED) is 0.177. The first-order chi connectivity index (χ1) is 32.3. The highest BCUT2D eigenvalue weighted by atomic mass is 32.2. The molecule has 3 aliphatic heterocycles. The monoisotopic (exact) mass is 976 g/mol. The maximum absolute atomic E-state index is 15.2. The number of sulfonamides is 2. The number of likely N-dealkylation sites (tertiary alicyclic amines) is 1. The van der Waals surface area contributed by atoms with Gasteiger partial charge >= 0.3 is 6.09 Å². The molecule has 4 N–H and O–H groups in total. The van der Waals surface area contributed by atoms with E-state index >= 15 is 4.79 Å². The Labute approximate surface area is 396 Å². The Hall–Kier alpha value is -5.47. The minimum Gasteiger partial charge on any atom is -0.454 e. The van der Waals surface area contributed by atoms with Crippen LogP contribution in [0.1, 0.15) is 103 Å². The maximum atomic E-state index is 15.2. The molecule has 6 atom stereocenters. The van der Waals surface area contributed by atoms with Gasteiger partial charge in [0, 0.05) is 24.9 Å². The molecule has 3 saturated carbocycles. The number of carbonyl (C=O) groups excluding carboxylic acids is 5. The van der Waals surface area contributed by atoms with E-state index in [9.17, 15) is 36.0 Å². The predicted octanol–water partition coefficient (Wildman–Crippen LogP) is 4.34. The zero-order valence-electron chi connectivity index (χ0n) is 38.7. The molecule has 6 aliphatic rings. The normalized spacial score (nSPS) is 24.5. The first kappa shape index (κ1) is 47.6. The SMILES string of the molecule is CC[C@H]1C[C@@]1(NC(=O)[C@@H]1C[C@@H](OC(=O)N2Cc3cc4c(cc3C2)OCO4)CN1C(=O)[C@@H](NC(=O)[C@@H](NS(=O)(=O)c1cccc2ccccc12)C1CCCCC1)C(C)(C)C)C(=O)NS(=O)(=O)C1CC1. The second-order valence-electron chi connectivity index (χ2n) is 20.3. The molecule has 9 rings (SSSR count). The van der Waals surface area contributed by atoms with Gasteiger partial charge in [-0.2, -0.15) is 4.72 Å². The molecule has 0 spiro atoms. The molecule has 3 aromatic carbocycles. The highest BCUT2D eigenvalue weighted by Gasteiger charge is 2.62. The van der Waals surface area contributed by atoms with Gasteiger partial charge < -0.3 is 29.7 Å². The second kappa shape index (κ2) is 18.1. The van der Waals surface area contributed by atoms with Crippen molar-refractivity contribution < 1.29 is 55.0 Å². The molecule has 0 unspecified atom stereocenters. The van der Waals surface area contributed by atoms with E-state index in [2.05, 4.69) is 20.1 Å².